The van der Waals surface area contributed by atoms with Crippen molar-refractivity contribution in [3.8, 4) is 0 Å². The van der Waals surface area contributed by atoms with Crippen LogP contribution in [0.4, 0.5) is 4.39 Å². The van der Waals surface area contributed by atoms with Crippen molar-refractivity contribution in [3.63, 3.8) is 0 Å². The van der Waals surface area contributed by atoms with Gasteiger partial charge in [0, 0.05) is 11.5 Å². The maximum Gasteiger partial charge on any atom is 0.337 e. The van der Waals surface area contributed by atoms with E-state index in [2.05, 4.69) is 0 Å². The molecule has 1 saturated heterocycles. The van der Waals surface area contributed by atoms with Crippen LogP contribution in [0, 0.1) is 5.82 Å². The van der Waals surface area contributed by atoms with Crippen molar-refractivity contribution in [1.82, 2.24) is 0 Å². The summed E-state index contributed by atoms with van der Waals surface area (Å²) in [5, 5.41) is 0. The maximum absolute atomic E-state index is 13.2. The fraction of sp³-hybridized carbons (Fsp3) is 0.235. The van der Waals surface area contributed by atoms with Crippen LogP contribution in [-0.4, -0.2) is 24.6 Å². The summed E-state index contributed by atoms with van der Waals surface area (Å²) in [4.78, 5) is 11.8. The molecule has 2 aromatic carbocycles. The van der Waals surface area contributed by atoms with E-state index in [0.717, 1.165) is 22.6 Å². The average molecular weight is 334 g/mol. The van der Waals surface area contributed by atoms with Crippen molar-refractivity contribution in [2.45, 2.75) is 4.08 Å². The van der Waals surface area contributed by atoms with Crippen LogP contribution in [0.25, 0.3) is 0 Å². The highest BCUT2D eigenvalue weighted by Crippen LogP contribution is 2.56. The molecule has 0 saturated carbocycles. The minimum absolute atomic E-state index is 0.241. The van der Waals surface area contributed by atoms with Crippen molar-refractivity contribution >= 4 is 29.5 Å². The van der Waals surface area contributed by atoms with Crippen LogP contribution in [0.1, 0.15) is 21.5 Å². The first-order valence-corrected chi connectivity index (χ1v) is 8.86. The van der Waals surface area contributed by atoms with E-state index in [1.807, 2.05) is 53.9 Å². The number of methoxy groups -OCH3 is 1. The van der Waals surface area contributed by atoms with Crippen LogP contribution < -0.4 is 0 Å². The number of halogens is 1. The minimum atomic E-state index is -0.343. The van der Waals surface area contributed by atoms with Gasteiger partial charge < -0.3 is 4.74 Å². The third-order valence-electron chi connectivity index (χ3n) is 3.58. The second kappa shape index (κ2) is 6.34. The van der Waals surface area contributed by atoms with Crippen LogP contribution in [0.2, 0.25) is 0 Å². The van der Waals surface area contributed by atoms with Crippen LogP contribution in [0.15, 0.2) is 48.5 Å². The Balaban J connectivity index is 2.08. The molecule has 22 heavy (non-hydrogen) atoms. The highest BCUT2D eigenvalue weighted by molar-refractivity contribution is 8.20. The molecule has 3 rings (SSSR count). The Morgan fingerprint density at radius 1 is 1.09 bits per heavy atom. The van der Waals surface area contributed by atoms with E-state index in [0.29, 0.717) is 5.56 Å². The van der Waals surface area contributed by atoms with E-state index in [1.54, 1.807) is 6.07 Å². The van der Waals surface area contributed by atoms with Crippen molar-refractivity contribution in [1.29, 1.82) is 0 Å². The molecule has 0 radical (unpaired) electrons. The zero-order valence-electron chi connectivity index (χ0n) is 12.0. The third kappa shape index (κ3) is 2.75. The van der Waals surface area contributed by atoms with Crippen molar-refractivity contribution < 1.29 is 13.9 Å². The lowest BCUT2D eigenvalue weighted by Crippen LogP contribution is -2.17. The number of benzene rings is 2. The zero-order valence-corrected chi connectivity index (χ0v) is 13.7. The summed E-state index contributed by atoms with van der Waals surface area (Å²) in [6.07, 6.45) is 0. The second-order valence-corrected chi connectivity index (χ2v) is 7.77. The van der Waals surface area contributed by atoms with Gasteiger partial charge in [-0.25, -0.2) is 9.18 Å². The largest absolute Gasteiger partial charge is 0.465 e. The Bertz CT molecular complexity index is 679. The number of carbonyl (C=O) groups excluding carboxylic acids is 1. The molecule has 0 aromatic heterocycles. The van der Waals surface area contributed by atoms with Crippen LogP contribution in [0.3, 0.4) is 0 Å². The zero-order chi connectivity index (χ0) is 15.6. The van der Waals surface area contributed by atoms with Gasteiger partial charge in [-0.3, -0.25) is 0 Å². The van der Waals surface area contributed by atoms with Gasteiger partial charge in [-0.15, -0.1) is 23.5 Å². The lowest BCUT2D eigenvalue weighted by molar-refractivity contribution is 0.0600. The Hall–Kier alpha value is -1.46. The van der Waals surface area contributed by atoms with Gasteiger partial charge in [-0.1, -0.05) is 24.3 Å². The first-order chi connectivity index (χ1) is 10.7. The Morgan fingerprint density at radius 3 is 2.41 bits per heavy atom. The van der Waals surface area contributed by atoms with Gasteiger partial charge in [0.2, 0.25) is 0 Å². The summed E-state index contributed by atoms with van der Waals surface area (Å²) >= 11 is 3.64. The molecule has 0 unspecified atom stereocenters. The maximum atomic E-state index is 13.2. The minimum Gasteiger partial charge on any atom is -0.465 e. The SMILES string of the molecule is COC(=O)c1cccc(C2(c3ccc(F)cc3)SCCS2)c1. The monoisotopic (exact) mass is 334 g/mol. The molecule has 0 atom stereocenters. The first kappa shape index (κ1) is 15.4. The van der Waals surface area contributed by atoms with Crippen molar-refractivity contribution in [3.05, 3.63) is 71.0 Å². The number of rotatable bonds is 3. The van der Waals surface area contributed by atoms with Gasteiger partial charge in [0.05, 0.1) is 12.7 Å². The Morgan fingerprint density at radius 2 is 1.77 bits per heavy atom. The van der Waals surface area contributed by atoms with Gasteiger partial charge in [0.1, 0.15) is 9.90 Å². The molecule has 0 N–H and O–H groups in total. The standard InChI is InChI=1S/C17H15FO2S2/c1-20-16(19)12-3-2-4-14(11-12)17(21-9-10-22-17)13-5-7-15(18)8-6-13/h2-8,11H,9-10H2,1H3. The fourth-order valence-electron chi connectivity index (χ4n) is 2.55. The number of hydrogen-bond acceptors (Lipinski definition) is 4. The molecular weight excluding hydrogens is 319 g/mol. The molecule has 5 heteroatoms. The summed E-state index contributed by atoms with van der Waals surface area (Å²) in [5.41, 5.74) is 2.62. The summed E-state index contributed by atoms with van der Waals surface area (Å²) in [5.74, 6) is 1.45. The van der Waals surface area contributed by atoms with E-state index in [1.165, 1.54) is 19.2 Å². The number of esters is 1. The molecule has 1 heterocycles. The molecule has 1 fully saturated rings. The van der Waals surface area contributed by atoms with Gasteiger partial charge in [0.25, 0.3) is 0 Å². The molecule has 2 aromatic rings. The predicted molar refractivity (Wildman–Crippen MR) is 89.9 cm³/mol. The topological polar surface area (TPSA) is 26.3 Å². The highest BCUT2D eigenvalue weighted by atomic mass is 32.2. The quantitative estimate of drug-likeness (QED) is 0.782. The van der Waals surface area contributed by atoms with Crippen molar-refractivity contribution in [2.75, 3.05) is 18.6 Å². The highest BCUT2D eigenvalue weighted by Gasteiger charge is 2.39. The molecular formula is C17H15FO2S2. The predicted octanol–water partition coefficient (Wildman–Crippen LogP) is 4.29. The number of thioether (sulfide) groups is 2. The van der Waals surface area contributed by atoms with Gasteiger partial charge in [-0.05, 0) is 35.4 Å². The summed E-state index contributed by atoms with van der Waals surface area (Å²) in [6.45, 7) is 0. The molecule has 0 amide bonds. The molecule has 114 valence electrons. The summed E-state index contributed by atoms with van der Waals surface area (Å²) in [6, 6.07) is 14.1. The number of hydrogen-bond donors (Lipinski definition) is 0. The fourth-order valence-corrected chi connectivity index (χ4v) is 5.82. The summed E-state index contributed by atoms with van der Waals surface area (Å²) < 4.78 is 17.8. The number of ether oxygens (including phenoxy) is 1. The first-order valence-electron chi connectivity index (χ1n) is 6.88. The summed E-state index contributed by atoms with van der Waals surface area (Å²) in [7, 11) is 1.38. The average Bonchev–Trinajstić information content (AvgIpc) is 3.06. The molecule has 2 nitrogen and oxygen atoms in total. The van der Waals surface area contributed by atoms with Gasteiger partial charge >= 0.3 is 5.97 Å². The second-order valence-electron chi connectivity index (χ2n) is 4.89. The molecule has 0 bridgehead atoms. The molecule has 0 spiro atoms. The van der Waals surface area contributed by atoms with E-state index in [9.17, 15) is 9.18 Å². The van der Waals surface area contributed by atoms with E-state index >= 15 is 0 Å². The van der Waals surface area contributed by atoms with Crippen LogP contribution in [-0.2, 0) is 8.82 Å². The molecule has 1 aliphatic heterocycles. The lowest BCUT2D eigenvalue weighted by atomic mass is 10.0. The smallest absolute Gasteiger partial charge is 0.337 e. The van der Waals surface area contributed by atoms with Gasteiger partial charge in [-0.2, -0.15) is 0 Å². The Labute approximate surface area is 137 Å². The van der Waals surface area contributed by atoms with Crippen molar-refractivity contribution in [2.24, 2.45) is 0 Å². The molecule has 1 aliphatic rings. The Kier molecular flexibility index (Phi) is 4.45. The number of carbonyl (C=O) groups is 1. The van der Waals surface area contributed by atoms with E-state index in [4.69, 9.17) is 4.74 Å². The third-order valence-corrected chi connectivity index (χ3v) is 7.12. The van der Waals surface area contributed by atoms with E-state index in [-0.39, 0.29) is 15.9 Å². The van der Waals surface area contributed by atoms with E-state index < -0.39 is 0 Å². The van der Waals surface area contributed by atoms with Gasteiger partial charge in [0.15, 0.2) is 0 Å². The lowest BCUT2D eigenvalue weighted by Gasteiger charge is -2.29. The normalized spacial score (nSPS) is 16.5. The van der Waals surface area contributed by atoms with Crippen LogP contribution in [0.5, 0.6) is 0 Å². The van der Waals surface area contributed by atoms with Crippen LogP contribution >= 0.6 is 23.5 Å². The molecule has 0 aliphatic carbocycles.